The van der Waals surface area contributed by atoms with Gasteiger partial charge >= 0.3 is 0 Å². The third-order valence-corrected chi connectivity index (χ3v) is 10.2. The molecule has 0 radical (unpaired) electrons. The number of thiazole rings is 1. The fourth-order valence-corrected chi connectivity index (χ4v) is 7.71. The summed E-state index contributed by atoms with van der Waals surface area (Å²) in [6.07, 6.45) is 3.97. The molecule has 0 saturated heterocycles. The quantitative estimate of drug-likeness (QED) is 0.183. The number of fused-ring (bicyclic) bond motifs is 2. The summed E-state index contributed by atoms with van der Waals surface area (Å²) in [7, 11) is 0. The Morgan fingerprint density at radius 1 is 0.979 bits per heavy atom. The number of benzene rings is 4. The number of nitrogens with one attached hydrogen (secondary N) is 1. The number of anilines is 1. The molecular formula is C39H32Cl2N4O2S. The van der Waals surface area contributed by atoms with Crippen molar-refractivity contribution in [3.8, 4) is 0 Å². The predicted molar refractivity (Wildman–Crippen MR) is 197 cm³/mol. The van der Waals surface area contributed by atoms with Gasteiger partial charge in [-0.3, -0.25) is 14.2 Å². The van der Waals surface area contributed by atoms with Crippen molar-refractivity contribution in [1.82, 2.24) is 9.13 Å². The Morgan fingerprint density at radius 2 is 1.71 bits per heavy atom. The summed E-state index contributed by atoms with van der Waals surface area (Å²) in [5, 5.41) is 5.21. The first-order valence-corrected chi connectivity index (χ1v) is 17.3. The zero-order valence-corrected chi connectivity index (χ0v) is 28.9. The van der Waals surface area contributed by atoms with Crippen molar-refractivity contribution in [2.45, 2.75) is 39.3 Å². The number of halogens is 2. The Labute approximate surface area is 291 Å². The first-order valence-electron chi connectivity index (χ1n) is 15.7. The molecule has 0 spiro atoms. The summed E-state index contributed by atoms with van der Waals surface area (Å²) in [5.74, 6) is 0.0515. The largest absolute Gasteiger partial charge is 0.342 e. The van der Waals surface area contributed by atoms with Gasteiger partial charge in [-0.1, -0.05) is 115 Å². The molecule has 0 aliphatic carbocycles. The highest BCUT2D eigenvalue weighted by molar-refractivity contribution is 7.07. The average molecular weight is 692 g/mol. The molecule has 48 heavy (non-hydrogen) atoms. The number of aromatic nitrogens is 2. The number of hydrogen-bond donors (Lipinski definition) is 1. The summed E-state index contributed by atoms with van der Waals surface area (Å²) in [5.41, 5.74) is 6.36. The molecule has 4 aromatic carbocycles. The first kappa shape index (κ1) is 31.9. The number of nitrogens with zero attached hydrogens (tertiary/aromatic N) is 3. The molecule has 6 nitrogen and oxygen atoms in total. The van der Waals surface area contributed by atoms with Gasteiger partial charge in [0.05, 0.1) is 21.8 Å². The normalized spacial score (nSPS) is 14.8. The molecule has 1 aliphatic rings. The number of allylic oxidation sites excluding steroid dienone is 1. The van der Waals surface area contributed by atoms with Gasteiger partial charge in [0, 0.05) is 44.9 Å². The molecule has 3 heterocycles. The molecule has 1 amide bonds. The van der Waals surface area contributed by atoms with Crippen LogP contribution in [0.25, 0.3) is 17.0 Å². The minimum atomic E-state index is -0.651. The highest BCUT2D eigenvalue weighted by Gasteiger charge is 2.32. The number of rotatable bonds is 7. The Hall–Kier alpha value is -4.69. The molecule has 0 bridgehead atoms. The van der Waals surface area contributed by atoms with Crippen molar-refractivity contribution in [2.75, 3.05) is 5.32 Å². The summed E-state index contributed by atoms with van der Waals surface area (Å²) in [6, 6.07) is 30.4. The van der Waals surface area contributed by atoms with E-state index in [2.05, 4.69) is 41.9 Å². The summed E-state index contributed by atoms with van der Waals surface area (Å²) in [4.78, 5) is 33.7. The zero-order chi connectivity index (χ0) is 33.5. The highest BCUT2D eigenvalue weighted by Crippen LogP contribution is 2.32. The number of carbonyl (C=O) groups is 1. The SMILES string of the molecule is CC1=C(C(=O)Nc2ccccc2)C(c2ccc(C(C)C)cc2)n2c(s/c(=C/c3cn(Cc4ccc(Cl)cc4Cl)c4ccccc34)c2=O)=N1. The zero-order valence-electron chi connectivity index (χ0n) is 26.6. The van der Waals surface area contributed by atoms with Crippen LogP contribution < -0.4 is 20.2 Å². The van der Waals surface area contributed by atoms with Crippen LogP contribution in [0.4, 0.5) is 5.69 Å². The van der Waals surface area contributed by atoms with Gasteiger partial charge in [-0.2, -0.15) is 0 Å². The van der Waals surface area contributed by atoms with Crippen molar-refractivity contribution in [1.29, 1.82) is 0 Å². The molecule has 2 aromatic heterocycles. The van der Waals surface area contributed by atoms with E-state index in [1.54, 1.807) is 10.6 Å². The number of carbonyl (C=O) groups excluding carboxylic acids is 1. The summed E-state index contributed by atoms with van der Waals surface area (Å²) >= 11 is 14.0. The van der Waals surface area contributed by atoms with Crippen LogP contribution in [-0.2, 0) is 11.3 Å². The molecular weight excluding hydrogens is 659 g/mol. The maximum absolute atomic E-state index is 14.4. The van der Waals surface area contributed by atoms with Crippen LogP contribution in [-0.4, -0.2) is 15.0 Å². The van der Waals surface area contributed by atoms with Gasteiger partial charge in [0.15, 0.2) is 4.80 Å². The molecule has 0 saturated carbocycles. The lowest BCUT2D eigenvalue weighted by Gasteiger charge is -2.25. The van der Waals surface area contributed by atoms with Gasteiger partial charge in [-0.25, -0.2) is 4.99 Å². The van der Waals surface area contributed by atoms with Crippen LogP contribution >= 0.6 is 34.5 Å². The summed E-state index contributed by atoms with van der Waals surface area (Å²) < 4.78 is 4.32. The predicted octanol–water partition coefficient (Wildman–Crippen LogP) is 8.31. The molecule has 1 atom stereocenters. The van der Waals surface area contributed by atoms with E-state index in [-0.39, 0.29) is 11.5 Å². The lowest BCUT2D eigenvalue weighted by Crippen LogP contribution is -2.40. The molecule has 9 heteroatoms. The second-order valence-corrected chi connectivity index (χ2v) is 14.0. The van der Waals surface area contributed by atoms with Gasteiger partial charge < -0.3 is 9.88 Å². The summed E-state index contributed by atoms with van der Waals surface area (Å²) in [6.45, 7) is 6.66. The van der Waals surface area contributed by atoms with E-state index >= 15 is 0 Å². The molecule has 6 aromatic rings. The molecule has 240 valence electrons. The fourth-order valence-electron chi connectivity index (χ4n) is 6.21. The number of amides is 1. The topological polar surface area (TPSA) is 68.4 Å². The van der Waals surface area contributed by atoms with E-state index in [9.17, 15) is 9.59 Å². The van der Waals surface area contributed by atoms with E-state index in [1.807, 2.05) is 92.0 Å². The van der Waals surface area contributed by atoms with Crippen molar-refractivity contribution in [2.24, 2.45) is 4.99 Å². The average Bonchev–Trinajstić information content (AvgIpc) is 3.58. The van der Waals surface area contributed by atoms with Gasteiger partial charge in [0.1, 0.15) is 0 Å². The van der Waals surface area contributed by atoms with E-state index in [0.29, 0.717) is 48.8 Å². The third kappa shape index (κ3) is 6.05. The van der Waals surface area contributed by atoms with Crippen molar-refractivity contribution < 1.29 is 4.79 Å². The second kappa shape index (κ2) is 13.1. The van der Waals surface area contributed by atoms with E-state index in [0.717, 1.165) is 27.6 Å². The van der Waals surface area contributed by atoms with Gasteiger partial charge in [0.25, 0.3) is 11.5 Å². The van der Waals surface area contributed by atoms with Gasteiger partial charge in [-0.05, 0) is 65.9 Å². The van der Waals surface area contributed by atoms with Gasteiger partial charge in [0.2, 0.25) is 0 Å². The molecule has 1 unspecified atom stereocenters. The van der Waals surface area contributed by atoms with Crippen LogP contribution in [0.5, 0.6) is 0 Å². The van der Waals surface area contributed by atoms with E-state index in [4.69, 9.17) is 28.2 Å². The molecule has 0 fully saturated rings. The lowest BCUT2D eigenvalue weighted by atomic mass is 9.93. The van der Waals surface area contributed by atoms with Crippen LogP contribution in [0, 0.1) is 0 Å². The Bertz CT molecular complexity index is 2400. The smallest absolute Gasteiger partial charge is 0.271 e. The third-order valence-electron chi connectivity index (χ3n) is 8.68. The minimum Gasteiger partial charge on any atom is -0.342 e. The first-order chi connectivity index (χ1) is 23.2. The molecule has 1 N–H and O–H groups in total. The Balaban J connectivity index is 1.36. The van der Waals surface area contributed by atoms with Crippen LogP contribution in [0.1, 0.15) is 55.0 Å². The maximum Gasteiger partial charge on any atom is 0.271 e. The number of para-hydroxylation sites is 2. The van der Waals surface area contributed by atoms with Crippen molar-refractivity contribution in [3.05, 3.63) is 167 Å². The van der Waals surface area contributed by atoms with Crippen LogP contribution in [0.15, 0.2) is 124 Å². The molecule has 1 aliphatic heterocycles. The highest BCUT2D eigenvalue weighted by atomic mass is 35.5. The van der Waals surface area contributed by atoms with E-state index in [1.165, 1.54) is 16.9 Å². The Kier molecular flexibility index (Phi) is 8.69. The minimum absolute atomic E-state index is 0.202. The standard InChI is InChI=1S/C39H32Cl2N4O2S/c1-23(2)25-13-15-26(16-14-25)36-35(37(46)43-30-9-5-4-6-10-30)24(3)42-39-45(36)38(47)34(48-39)19-28-22-44(33-12-8-7-11-31(28)33)21-27-17-18-29(40)20-32(27)41/h4-20,22-23,36H,21H2,1-3H3,(H,43,46)/b34-19+. The fraction of sp³-hybridized carbons (Fsp3) is 0.154. The van der Waals surface area contributed by atoms with Crippen molar-refractivity contribution >= 4 is 63.1 Å². The lowest BCUT2D eigenvalue weighted by molar-refractivity contribution is -0.113. The number of hydrogen-bond acceptors (Lipinski definition) is 4. The van der Waals surface area contributed by atoms with Crippen LogP contribution in [0.2, 0.25) is 10.0 Å². The molecule has 7 rings (SSSR count). The monoisotopic (exact) mass is 690 g/mol. The Morgan fingerprint density at radius 3 is 2.44 bits per heavy atom. The van der Waals surface area contributed by atoms with Gasteiger partial charge in [-0.15, -0.1) is 0 Å². The second-order valence-electron chi connectivity index (χ2n) is 12.2. The maximum atomic E-state index is 14.4. The van der Waals surface area contributed by atoms with Crippen LogP contribution in [0.3, 0.4) is 0 Å². The van der Waals surface area contributed by atoms with Crippen molar-refractivity contribution in [3.63, 3.8) is 0 Å². The van der Waals surface area contributed by atoms with E-state index < -0.39 is 6.04 Å².